The highest BCUT2D eigenvalue weighted by Gasteiger charge is 2.20. The smallest absolute Gasteiger partial charge is 0.225 e. The molecule has 0 N–H and O–H groups in total. The third-order valence-corrected chi connectivity index (χ3v) is 3.80. The summed E-state index contributed by atoms with van der Waals surface area (Å²) in [6.45, 7) is 5.69. The largest absolute Gasteiger partial charge is 0.343 e. The van der Waals surface area contributed by atoms with Crippen LogP contribution in [0.25, 0.3) is 0 Å². The van der Waals surface area contributed by atoms with Crippen LogP contribution in [0, 0.1) is 6.92 Å². The second-order valence-corrected chi connectivity index (χ2v) is 5.29. The van der Waals surface area contributed by atoms with E-state index < -0.39 is 0 Å². The summed E-state index contributed by atoms with van der Waals surface area (Å²) in [5, 5.41) is 10.3. The van der Waals surface area contributed by atoms with E-state index >= 15 is 0 Å². The lowest BCUT2D eigenvalue weighted by Gasteiger charge is -2.34. The van der Waals surface area contributed by atoms with E-state index in [1.165, 1.54) is 0 Å². The van der Waals surface area contributed by atoms with E-state index in [0.29, 0.717) is 0 Å². The van der Waals surface area contributed by atoms with Crippen LogP contribution in [0.1, 0.15) is 5.01 Å². The van der Waals surface area contributed by atoms with Crippen molar-refractivity contribution in [3.8, 4) is 0 Å². The summed E-state index contributed by atoms with van der Waals surface area (Å²) in [4.78, 5) is 13.0. The molecule has 3 rings (SSSR count). The van der Waals surface area contributed by atoms with E-state index in [0.717, 1.165) is 42.3 Å². The van der Waals surface area contributed by atoms with Gasteiger partial charge in [-0.1, -0.05) is 11.3 Å². The van der Waals surface area contributed by atoms with Gasteiger partial charge in [0.15, 0.2) is 0 Å². The van der Waals surface area contributed by atoms with Gasteiger partial charge in [0.1, 0.15) is 5.01 Å². The Bertz CT molecular complexity index is 505. The molecule has 0 aromatic carbocycles. The number of hydrogen-bond acceptors (Lipinski definition) is 7. The van der Waals surface area contributed by atoms with Crippen molar-refractivity contribution in [3.05, 3.63) is 23.5 Å². The van der Waals surface area contributed by atoms with Crippen LogP contribution >= 0.6 is 11.3 Å². The molecular weight excluding hydrogens is 248 g/mol. The number of aromatic nitrogens is 4. The van der Waals surface area contributed by atoms with Crippen molar-refractivity contribution in [3.63, 3.8) is 0 Å². The van der Waals surface area contributed by atoms with Crippen LogP contribution in [0.15, 0.2) is 18.5 Å². The Morgan fingerprint density at radius 1 is 1.00 bits per heavy atom. The van der Waals surface area contributed by atoms with Crippen molar-refractivity contribution in [2.24, 2.45) is 0 Å². The quantitative estimate of drug-likeness (QED) is 0.803. The van der Waals surface area contributed by atoms with Crippen LogP contribution in [-0.2, 0) is 0 Å². The first-order valence-electron chi connectivity index (χ1n) is 5.90. The molecule has 6 nitrogen and oxygen atoms in total. The summed E-state index contributed by atoms with van der Waals surface area (Å²) in [6, 6.07) is 1.84. The van der Waals surface area contributed by atoms with Gasteiger partial charge in [-0.05, 0) is 13.0 Å². The van der Waals surface area contributed by atoms with Crippen molar-refractivity contribution in [2.45, 2.75) is 6.92 Å². The number of hydrogen-bond donors (Lipinski definition) is 0. The highest BCUT2D eigenvalue weighted by atomic mass is 32.1. The lowest BCUT2D eigenvalue weighted by atomic mass is 10.3. The molecule has 94 valence electrons. The van der Waals surface area contributed by atoms with Gasteiger partial charge in [0.05, 0.1) is 0 Å². The number of anilines is 2. The highest BCUT2D eigenvalue weighted by molar-refractivity contribution is 7.15. The fourth-order valence-electron chi connectivity index (χ4n) is 1.97. The zero-order chi connectivity index (χ0) is 12.4. The van der Waals surface area contributed by atoms with Crippen LogP contribution in [0.5, 0.6) is 0 Å². The van der Waals surface area contributed by atoms with Gasteiger partial charge in [0.25, 0.3) is 0 Å². The monoisotopic (exact) mass is 262 g/mol. The average molecular weight is 262 g/mol. The van der Waals surface area contributed by atoms with E-state index in [2.05, 4.69) is 30.0 Å². The molecule has 1 aliphatic rings. The van der Waals surface area contributed by atoms with Crippen LogP contribution in [-0.4, -0.2) is 46.3 Å². The van der Waals surface area contributed by atoms with Crippen molar-refractivity contribution in [2.75, 3.05) is 36.0 Å². The molecule has 1 fully saturated rings. The third-order valence-electron chi connectivity index (χ3n) is 2.90. The van der Waals surface area contributed by atoms with Crippen LogP contribution < -0.4 is 9.80 Å². The SMILES string of the molecule is Cc1nnc(N2CCN(c3ncccn3)CC2)s1. The predicted octanol–water partition coefficient (Wildman–Crippen LogP) is 0.963. The maximum Gasteiger partial charge on any atom is 0.225 e. The van der Waals surface area contributed by atoms with E-state index in [-0.39, 0.29) is 0 Å². The number of rotatable bonds is 2. The van der Waals surface area contributed by atoms with Crippen molar-refractivity contribution >= 4 is 22.4 Å². The Labute approximate surface area is 109 Å². The maximum absolute atomic E-state index is 4.28. The first-order chi connectivity index (χ1) is 8.83. The maximum atomic E-state index is 4.28. The highest BCUT2D eigenvalue weighted by Crippen LogP contribution is 2.21. The summed E-state index contributed by atoms with van der Waals surface area (Å²) < 4.78 is 0. The van der Waals surface area contributed by atoms with Gasteiger partial charge in [-0.25, -0.2) is 9.97 Å². The molecule has 1 saturated heterocycles. The fourth-order valence-corrected chi connectivity index (χ4v) is 2.71. The number of piperazine rings is 1. The zero-order valence-electron chi connectivity index (χ0n) is 10.2. The van der Waals surface area contributed by atoms with E-state index in [1.807, 2.05) is 13.0 Å². The molecule has 0 atom stereocenters. The molecule has 0 spiro atoms. The van der Waals surface area contributed by atoms with Crippen molar-refractivity contribution in [1.29, 1.82) is 0 Å². The summed E-state index contributed by atoms with van der Waals surface area (Å²) in [6.07, 6.45) is 3.56. The summed E-state index contributed by atoms with van der Waals surface area (Å²) in [5.41, 5.74) is 0. The molecule has 0 aliphatic carbocycles. The third kappa shape index (κ3) is 2.26. The van der Waals surface area contributed by atoms with Gasteiger partial charge in [-0.2, -0.15) is 0 Å². The summed E-state index contributed by atoms with van der Waals surface area (Å²) >= 11 is 1.65. The van der Waals surface area contributed by atoms with Crippen LogP contribution in [0.2, 0.25) is 0 Å². The summed E-state index contributed by atoms with van der Waals surface area (Å²) in [7, 11) is 0. The number of nitrogens with zero attached hydrogens (tertiary/aromatic N) is 6. The Balaban J connectivity index is 1.65. The van der Waals surface area contributed by atoms with Gasteiger partial charge in [-0.15, -0.1) is 10.2 Å². The van der Waals surface area contributed by atoms with Gasteiger partial charge in [0, 0.05) is 38.6 Å². The van der Waals surface area contributed by atoms with Crippen molar-refractivity contribution in [1.82, 2.24) is 20.2 Å². The molecule has 0 bridgehead atoms. The first kappa shape index (κ1) is 11.3. The second kappa shape index (κ2) is 4.85. The molecule has 7 heteroatoms. The Morgan fingerprint density at radius 2 is 1.67 bits per heavy atom. The minimum atomic E-state index is 0.811. The molecule has 2 aromatic rings. The first-order valence-corrected chi connectivity index (χ1v) is 6.71. The lowest BCUT2D eigenvalue weighted by molar-refractivity contribution is 0.636. The molecule has 3 heterocycles. The normalized spacial score (nSPS) is 16.1. The zero-order valence-corrected chi connectivity index (χ0v) is 11.0. The van der Waals surface area contributed by atoms with Crippen LogP contribution in [0.3, 0.4) is 0 Å². The van der Waals surface area contributed by atoms with Gasteiger partial charge < -0.3 is 9.80 Å². The molecule has 2 aromatic heterocycles. The van der Waals surface area contributed by atoms with Gasteiger partial charge in [0.2, 0.25) is 11.1 Å². The number of aryl methyl sites for hydroxylation is 1. The Hall–Kier alpha value is -1.76. The van der Waals surface area contributed by atoms with Crippen molar-refractivity contribution < 1.29 is 0 Å². The molecule has 0 radical (unpaired) electrons. The lowest BCUT2D eigenvalue weighted by Crippen LogP contribution is -2.47. The molecule has 0 unspecified atom stereocenters. The van der Waals surface area contributed by atoms with E-state index in [1.54, 1.807) is 23.7 Å². The molecular formula is C11H14N6S. The van der Waals surface area contributed by atoms with E-state index in [4.69, 9.17) is 0 Å². The van der Waals surface area contributed by atoms with Gasteiger partial charge >= 0.3 is 0 Å². The fraction of sp³-hybridized carbons (Fsp3) is 0.455. The molecule has 18 heavy (non-hydrogen) atoms. The molecule has 0 amide bonds. The predicted molar refractivity (Wildman–Crippen MR) is 71.1 cm³/mol. The minimum Gasteiger partial charge on any atom is -0.343 e. The second-order valence-electron chi connectivity index (χ2n) is 4.13. The standard InChI is InChI=1S/C11H14N6S/c1-9-14-15-11(18-9)17-7-5-16(6-8-17)10-12-3-2-4-13-10/h2-4H,5-8H2,1H3. The average Bonchev–Trinajstić information content (AvgIpc) is 2.87. The minimum absolute atomic E-state index is 0.811. The van der Waals surface area contributed by atoms with Gasteiger partial charge in [-0.3, -0.25) is 0 Å². The molecule has 1 aliphatic heterocycles. The summed E-state index contributed by atoms with van der Waals surface area (Å²) in [5.74, 6) is 0.811. The van der Waals surface area contributed by atoms with Crippen LogP contribution in [0.4, 0.5) is 11.1 Å². The molecule has 0 saturated carbocycles. The topological polar surface area (TPSA) is 58.0 Å². The Morgan fingerprint density at radius 3 is 2.28 bits per heavy atom. The Kier molecular flexibility index (Phi) is 3.06. The van der Waals surface area contributed by atoms with E-state index in [9.17, 15) is 0 Å².